The van der Waals surface area contributed by atoms with E-state index in [1.54, 1.807) is 0 Å². The number of nitrogens with two attached hydrogens (primary N) is 1. The smallest absolute Gasteiger partial charge is 0.237 e. The summed E-state index contributed by atoms with van der Waals surface area (Å²) in [5.74, 6) is 0.0585. The number of amides is 1. The minimum absolute atomic E-state index is 0.0953. The number of benzene rings is 1. The van der Waals surface area contributed by atoms with Crippen LogP contribution in [0.2, 0.25) is 5.02 Å². The maximum atomic E-state index is 11.6. The van der Waals surface area contributed by atoms with E-state index in [1.807, 2.05) is 38.1 Å². The molecule has 0 unspecified atom stereocenters. The second kappa shape index (κ2) is 6.62. The standard InChI is InChI=1S/C13H19ClN2O/c1-9(2)12(15)13(17)16-7-6-10-4-3-5-11(14)8-10/h3-5,8-9,12H,6-7,15H2,1-2H3,(H,16,17)/t12-/m1/s1. The number of rotatable bonds is 5. The van der Waals surface area contributed by atoms with E-state index in [0.717, 1.165) is 12.0 Å². The van der Waals surface area contributed by atoms with Gasteiger partial charge in [0.05, 0.1) is 6.04 Å². The fourth-order valence-corrected chi connectivity index (χ4v) is 1.66. The van der Waals surface area contributed by atoms with E-state index in [0.29, 0.717) is 11.6 Å². The predicted molar refractivity (Wildman–Crippen MR) is 71.0 cm³/mol. The lowest BCUT2D eigenvalue weighted by atomic mass is 10.0. The van der Waals surface area contributed by atoms with Gasteiger partial charge >= 0.3 is 0 Å². The summed E-state index contributed by atoms with van der Waals surface area (Å²) in [4.78, 5) is 11.6. The van der Waals surface area contributed by atoms with Gasteiger partial charge in [0.2, 0.25) is 5.91 Å². The van der Waals surface area contributed by atoms with E-state index < -0.39 is 6.04 Å². The van der Waals surface area contributed by atoms with Crippen LogP contribution in [0.1, 0.15) is 19.4 Å². The molecule has 1 aromatic carbocycles. The van der Waals surface area contributed by atoms with Gasteiger partial charge < -0.3 is 11.1 Å². The number of carbonyl (C=O) groups is 1. The summed E-state index contributed by atoms with van der Waals surface area (Å²) in [6.07, 6.45) is 0.761. The van der Waals surface area contributed by atoms with Crippen LogP contribution < -0.4 is 11.1 Å². The second-order valence-electron chi connectivity index (χ2n) is 4.44. The van der Waals surface area contributed by atoms with Crippen LogP contribution in [0, 0.1) is 5.92 Å². The molecule has 0 radical (unpaired) electrons. The van der Waals surface area contributed by atoms with Gasteiger partial charge in [-0.2, -0.15) is 0 Å². The molecule has 0 fully saturated rings. The first kappa shape index (κ1) is 14.0. The van der Waals surface area contributed by atoms with Crippen molar-refractivity contribution in [2.75, 3.05) is 6.54 Å². The zero-order valence-electron chi connectivity index (χ0n) is 10.2. The van der Waals surface area contributed by atoms with Crippen molar-refractivity contribution in [3.8, 4) is 0 Å². The van der Waals surface area contributed by atoms with Gasteiger partial charge in [0, 0.05) is 11.6 Å². The molecule has 0 saturated heterocycles. The molecular formula is C13H19ClN2O. The first-order chi connectivity index (χ1) is 8.00. The third kappa shape index (κ3) is 4.75. The van der Waals surface area contributed by atoms with Crippen molar-refractivity contribution in [3.63, 3.8) is 0 Å². The van der Waals surface area contributed by atoms with Crippen LogP contribution in [0.15, 0.2) is 24.3 Å². The van der Waals surface area contributed by atoms with Gasteiger partial charge in [-0.05, 0) is 30.0 Å². The van der Waals surface area contributed by atoms with E-state index in [1.165, 1.54) is 0 Å². The Bertz CT molecular complexity index is 379. The molecule has 0 bridgehead atoms. The molecule has 4 heteroatoms. The number of nitrogens with one attached hydrogen (secondary N) is 1. The molecule has 0 heterocycles. The van der Waals surface area contributed by atoms with Crippen molar-refractivity contribution in [1.82, 2.24) is 5.32 Å². The average molecular weight is 255 g/mol. The molecule has 1 atom stereocenters. The van der Waals surface area contributed by atoms with Gasteiger partial charge in [0.15, 0.2) is 0 Å². The highest BCUT2D eigenvalue weighted by Gasteiger charge is 2.16. The Morgan fingerprint density at radius 3 is 2.76 bits per heavy atom. The highest BCUT2D eigenvalue weighted by Crippen LogP contribution is 2.10. The summed E-state index contributed by atoms with van der Waals surface area (Å²) in [6.45, 7) is 4.45. The first-order valence-corrected chi connectivity index (χ1v) is 6.16. The van der Waals surface area contributed by atoms with Crippen LogP contribution in [-0.2, 0) is 11.2 Å². The van der Waals surface area contributed by atoms with Crippen LogP contribution in [-0.4, -0.2) is 18.5 Å². The molecule has 3 nitrogen and oxygen atoms in total. The van der Waals surface area contributed by atoms with Gasteiger partial charge in [0.1, 0.15) is 0 Å². The topological polar surface area (TPSA) is 55.1 Å². The molecule has 1 rings (SSSR count). The average Bonchev–Trinajstić information content (AvgIpc) is 2.27. The lowest BCUT2D eigenvalue weighted by Gasteiger charge is -2.15. The molecule has 0 spiro atoms. The summed E-state index contributed by atoms with van der Waals surface area (Å²) >= 11 is 5.87. The van der Waals surface area contributed by atoms with Crippen molar-refractivity contribution < 1.29 is 4.79 Å². The Morgan fingerprint density at radius 2 is 2.18 bits per heavy atom. The van der Waals surface area contributed by atoms with Gasteiger partial charge in [-0.25, -0.2) is 0 Å². The Labute approximate surface area is 107 Å². The van der Waals surface area contributed by atoms with E-state index in [9.17, 15) is 4.79 Å². The number of hydrogen-bond acceptors (Lipinski definition) is 2. The summed E-state index contributed by atoms with van der Waals surface area (Å²) < 4.78 is 0. The molecule has 1 aromatic rings. The Hall–Kier alpha value is -1.06. The number of halogens is 1. The zero-order chi connectivity index (χ0) is 12.8. The SMILES string of the molecule is CC(C)[C@@H](N)C(=O)NCCc1cccc(Cl)c1. The second-order valence-corrected chi connectivity index (χ2v) is 4.88. The van der Waals surface area contributed by atoms with E-state index >= 15 is 0 Å². The fourth-order valence-electron chi connectivity index (χ4n) is 1.44. The Balaban J connectivity index is 2.35. The summed E-state index contributed by atoms with van der Waals surface area (Å²) in [6, 6.07) is 7.18. The summed E-state index contributed by atoms with van der Waals surface area (Å²) in [5.41, 5.74) is 6.84. The van der Waals surface area contributed by atoms with Crippen molar-refractivity contribution in [3.05, 3.63) is 34.9 Å². The molecule has 17 heavy (non-hydrogen) atoms. The summed E-state index contributed by atoms with van der Waals surface area (Å²) in [7, 11) is 0. The quantitative estimate of drug-likeness (QED) is 0.844. The molecule has 1 amide bonds. The van der Waals surface area contributed by atoms with Crippen LogP contribution >= 0.6 is 11.6 Å². The van der Waals surface area contributed by atoms with Gasteiger partial charge in [-0.3, -0.25) is 4.79 Å². The van der Waals surface area contributed by atoms with Crippen molar-refractivity contribution >= 4 is 17.5 Å². The highest BCUT2D eigenvalue weighted by molar-refractivity contribution is 6.30. The maximum absolute atomic E-state index is 11.6. The lowest BCUT2D eigenvalue weighted by Crippen LogP contribution is -2.44. The Morgan fingerprint density at radius 1 is 1.47 bits per heavy atom. The third-order valence-electron chi connectivity index (χ3n) is 2.62. The first-order valence-electron chi connectivity index (χ1n) is 5.78. The van der Waals surface area contributed by atoms with Crippen molar-refractivity contribution in [2.24, 2.45) is 11.7 Å². The molecule has 94 valence electrons. The van der Waals surface area contributed by atoms with Crippen LogP contribution in [0.25, 0.3) is 0 Å². The fraction of sp³-hybridized carbons (Fsp3) is 0.462. The van der Waals surface area contributed by atoms with Crippen LogP contribution in [0.5, 0.6) is 0 Å². The lowest BCUT2D eigenvalue weighted by molar-refractivity contribution is -0.123. The maximum Gasteiger partial charge on any atom is 0.237 e. The molecule has 0 aliphatic carbocycles. The third-order valence-corrected chi connectivity index (χ3v) is 2.86. The van der Waals surface area contributed by atoms with Gasteiger partial charge in [0.25, 0.3) is 0 Å². The molecule has 0 aliphatic heterocycles. The zero-order valence-corrected chi connectivity index (χ0v) is 11.0. The van der Waals surface area contributed by atoms with E-state index in [2.05, 4.69) is 5.32 Å². The molecule has 3 N–H and O–H groups in total. The highest BCUT2D eigenvalue weighted by atomic mass is 35.5. The van der Waals surface area contributed by atoms with Crippen LogP contribution in [0.3, 0.4) is 0 Å². The minimum atomic E-state index is -0.436. The minimum Gasteiger partial charge on any atom is -0.354 e. The van der Waals surface area contributed by atoms with E-state index in [-0.39, 0.29) is 11.8 Å². The summed E-state index contributed by atoms with van der Waals surface area (Å²) in [5, 5.41) is 3.54. The molecule has 0 saturated carbocycles. The van der Waals surface area contributed by atoms with Gasteiger partial charge in [-0.15, -0.1) is 0 Å². The van der Waals surface area contributed by atoms with E-state index in [4.69, 9.17) is 17.3 Å². The normalized spacial score (nSPS) is 12.5. The van der Waals surface area contributed by atoms with Gasteiger partial charge in [-0.1, -0.05) is 37.6 Å². The number of carbonyl (C=O) groups excluding carboxylic acids is 1. The largest absolute Gasteiger partial charge is 0.354 e. The number of hydrogen-bond donors (Lipinski definition) is 2. The van der Waals surface area contributed by atoms with Crippen LogP contribution in [0.4, 0.5) is 0 Å². The Kier molecular flexibility index (Phi) is 5.45. The van der Waals surface area contributed by atoms with Crippen molar-refractivity contribution in [2.45, 2.75) is 26.3 Å². The van der Waals surface area contributed by atoms with Crippen molar-refractivity contribution in [1.29, 1.82) is 0 Å². The molecular weight excluding hydrogens is 236 g/mol. The monoisotopic (exact) mass is 254 g/mol. The molecule has 0 aromatic heterocycles. The predicted octanol–water partition coefficient (Wildman–Crippen LogP) is 1.98. The molecule has 0 aliphatic rings.